The van der Waals surface area contributed by atoms with Crippen LogP contribution in [0.4, 0.5) is 0 Å². The summed E-state index contributed by atoms with van der Waals surface area (Å²) in [6.45, 7) is 1.90. The number of rotatable bonds is 5. The number of hydrogen-bond donors (Lipinski definition) is 6. The lowest BCUT2D eigenvalue weighted by Gasteiger charge is -2.38. The summed E-state index contributed by atoms with van der Waals surface area (Å²) >= 11 is 0. The van der Waals surface area contributed by atoms with Crippen molar-refractivity contribution in [2.24, 2.45) is 11.7 Å². The quantitative estimate of drug-likeness (QED) is 0.225. The molecule has 7 N–H and O–H groups in total. The van der Waals surface area contributed by atoms with Crippen molar-refractivity contribution in [2.75, 3.05) is 6.54 Å². The molecule has 0 bridgehead atoms. The third kappa shape index (κ3) is 7.53. The highest BCUT2D eigenvalue weighted by molar-refractivity contribution is 6.00. The van der Waals surface area contributed by atoms with E-state index in [2.05, 4.69) is 26.3 Å². The first-order chi connectivity index (χ1) is 27.5. The van der Waals surface area contributed by atoms with E-state index < -0.39 is 71.3 Å². The van der Waals surface area contributed by atoms with Crippen LogP contribution in [0.25, 0.3) is 10.9 Å². The Labute approximate surface area is 331 Å². The van der Waals surface area contributed by atoms with Crippen molar-refractivity contribution in [1.82, 2.24) is 36.1 Å². The van der Waals surface area contributed by atoms with Crippen molar-refractivity contribution in [1.29, 1.82) is 0 Å². The van der Waals surface area contributed by atoms with Crippen molar-refractivity contribution in [3.8, 4) is 0 Å². The Balaban J connectivity index is 1.20. The summed E-state index contributed by atoms with van der Waals surface area (Å²) in [6.07, 6.45) is 10.3. The highest BCUT2D eigenvalue weighted by Crippen LogP contribution is 2.41. The molecule has 1 spiro atoms. The van der Waals surface area contributed by atoms with E-state index >= 15 is 0 Å². The van der Waals surface area contributed by atoms with Gasteiger partial charge in [0.2, 0.25) is 35.4 Å². The average Bonchev–Trinajstić information content (AvgIpc) is 4.06. The van der Waals surface area contributed by atoms with E-state index in [1.807, 2.05) is 30.5 Å². The van der Waals surface area contributed by atoms with Crippen LogP contribution in [0.1, 0.15) is 88.9 Å². The molecule has 1 aromatic carbocycles. The van der Waals surface area contributed by atoms with E-state index in [1.54, 1.807) is 24.0 Å². The van der Waals surface area contributed by atoms with E-state index in [1.165, 1.54) is 11.2 Å². The second kappa shape index (κ2) is 16.0. The van der Waals surface area contributed by atoms with Gasteiger partial charge in [-0.2, -0.15) is 0 Å². The largest absolute Gasteiger partial charge is 0.469 e. The van der Waals surface area contributed by atoms with Crippen LogP contribution in [0.5, 0.6) is 0 Å². The molecule has 3 aromatic rings. The SMILES string of the molecule is CC(N)[C@@H]1NC(=O)[C@H](Cc2ccco2)NC(=O)C2(CCCC2)NC(=O)[C@H](Cc2c[nH]c3ccccc23)NC(=O)[C@@H]2C[C@@H]3CCCC[C@@H]3N2C(=O)[C@H]2CCCN2C1=O. The minimum Gasteiger partial charge on any atom is -0.469 e. The Morgan fingerprint density at radius 1 is 0.807 bits per heavy atom. The van der Waals surface area contributed by atoms with E-state index in [0.717, 1.165) is 42.1 Å². The monoisotopic (exact) mass is 782 g/mol. The Morgan fingerprint density at radius 3 is 2.35 bits per heavy atom. The van der Waals surface area contributed by atoms with Crippen LogP contribution < -0.4 is 27.0 Å². The molecule has 1 unspecified atom stereocenters. The standard InChI is InChI=1S/C42H54N8O7/c1-24(43)35-40(55)49-18-8-15-33(49)39(54)50-32-14-5-2-10-25(32)21-34(50)38(53)45-30(20-26-23-44-29-13-4-3-12-28(26)29)37(52)48-42(16-6-7-17-42)41(56)46-31(36(51)47-35)22-27-11-9-19-57-27/h3-4,9,11-13,19,23-25,30-35,44H,2,5-8,10,14-18,20-22,43H2,1H3,(H,45,53)(H,46,56)(H,47,51)(H,48,52)/t24?,25-,30-,31-,32-,33+,34-,35-/m0/s1. The summed E-state index contributed by atoms with van der Waals surface area (Å²) in [5, 5.41) is 12.8. The molecule has 5 fully saturated rings. The van der Waals surface area contributed by atoms with Gasteiger partial charge in [-0.05, 0) is 81.5 Å². The van der Waals surface area contributed by atoms with Crippen molar-refractivity contribution < 1.29 is 33.2 Å². The maximum Gasteiger partial charge on any atom is 0.247 e. The summed E-state index contributed by atoms with van der Waals surface area (Å²) < 4.78 is 5.57. The molecule has 0 radical (unpaired) electrons. The molecule has 3 aliphatic heterocycles. The van der Waals surface area contributed by atoms with Gasteiger partial charge in [-0.1, -0.05) is 43.9 Å². The fourth-order valence-corrected chi connectivity index (χ4v) is 10.2. The van der Waals surface area contributed by atoms with Gasteiger partial charge in [0.05, 0.1) is 6.26 Å². The molecule has 2 aliphatic carbocycles. The first-order valence-corrected chi connectivity index (χ1v) is 20.7. The molecule has 6 amide bonds. The second-order valence-corrected chi connectivity index (χ2v) is 16.9. The molecule has 8 rings (SSSR count). The number of H-pyrrole nitrogens is 1. The molecule has 8 atom stereocenters. The summed E-state index contributed by atoms with van der Waals surface area (Å²) in [7, 11) is 0. The number of fused-ring (bicyclic) bond motifs is 5. The third-order valence-electron chi connectivity index (χ3n) is 13.1. The first-order valence-electron chi connectivity index (χ1n) is 20.7. The van der Waals surface area contributed by atoms with Crippen LogP contribution in [0.15, 0.2) is 53.3 Å². The van der Waals surface area contributed by atoms with Gasteiger partial charge in [-0.15, -0.1) is 0 Å². The Hall–Kier alpha value is -5.18. The van der Waals surface area contributed by atoms with Gasteiger partial charge < -0.3 is 46.2 Å². The van der Waals surface area contributed by atoms with Crippen LogP contribution in [-0.4, -0.2) is 105 Å². The van der Waals surface area contributed by atoms with Gasteiger partial charge in [-0.3, -0.25) is 28.8 Å². The van der Waals surface area contributed by atoms with Gasteiger partial charge in [0.1, 0.15) is 41.5 Å². The van der Waals surface area contributed by atoms with Crippen LogP contribution in [0.3, 0.4) is 0 Å². The maximum absolute atomic E-state index is 14.9. The lowest BCUT2D eigenvalue weighted by Crippen LogP contribution is -2.66. The molecule has 3 saturated heterocycles. The zero-order valence-electron chi connectivity index (χ0n) is 32.5. The van der Waals surface area contributed by atoms with Gasteiger partial charge in [-0.25, -0.2) is 0 Å². The molecule has 304 valence electrons. The number of aromatic amines is 1. The predicted octanol–water partition coefficient (Wildman–Crippen LogP) is 1.94. The maximum atomic E-state index is 14.9. The number of furan rings is 1. The minimum absolute atomic E-state index is 0.0303. The van der Waals surface area contributed by atoms with Crippen molar-refractivity contribution >= 4 is 46.3 Å². The summed E-state index contributed by atoms with van der Waals surface area (Å²) in [5.41, 5.74) is 6.71. The Bertz CT molecular complexity index is 2000. The number of carbonyl (C=O) groups is 6. The van der Waals surface area contributed by atoms with Crippen LogP contribution in [-0.2, 0) is 41.6 Å². The summed E-state index contributed by atoms with van der Waals surface area (Å²) in [4.78, 5) is 93.9. The van der Waals surface area contributed by atoms with E-state index in [4.69, 9.17) is 10.2 Å². The second-order valence-electron chi connectivity index (χ2n) is 16.9. The number of hydrogen-bond acceptors (Lipinski definition) is 8. The first kappa shape index (κ1) is 38.7. The van der Waals surface area contributed by atoms with E-state index in [9.17, 15) is 28.8 Å². The number of nitrogens with zero attached hydrogens (tertiary/aromatic N) is 2. The van der Waals surface area contributed by atoms with Crippen molar-refractivity contribution in [2.45, 2.75) is 138 Å². The number of carbonyl (C=O) groups excluding carboxylic acids is 6. The van der Waals surface area contributed by atoms with Crippen LogP contribution in [0.2, 0.25) is 0 Å². The summed E-state index contributed by atoms with van der Waals surface area (Å²) in [6, 6.07) is 4.85. The zero-order chi connectivity index (χ0) is 39.8. The smallest absolute Gasteiger partial charge is 0.247 e. The lowest BCUT2D eigenvalue weighted by atomic mass is 9.84. The van der Waals surface area contributed by atoms with E-state index in [-0.39, 0.29) is 37.3 Å². The van der Waals surface area contributed by atoms with Crippen LogP contribution >= 0.6 is 0 Å². The van der Waals surface area contributed by atoms with Gasteiger partial charge in [0.15, 0.2) is 0 Å². The minimum atomic E-state index is -1.38. The highest BCUT2D eigenvalue weighted by atomic mass is 16.3. The highest BCUT2D eigenvalue weighted by Gasteiger charge is 2.52. The summed E-state index contributed by atoms with van der Waals surface area (Å²) in [5.74, 6) is -2.40. The molecule has 15 nitrogen and oxygen atoms in total. The average molecular weight is 783 g/mol. The Morgan fingerprint density at radius 2 is 1.58 bits per heavy atom. The van der Waals surface area contributed by atoms with Gasteiger partial charge in [0.25, 0.3) is 0 Å². The topological polar surface area (TPSA) is 212 Å². The zero-order valence-corrected chi connectivity index (χ0v) is 32.5. The number of aromatic nitrogens is 1. The Kier molecular flexibility index (Phi) is 10.9. The normalized spacial score (nSPS) is 30.5. The number of nitrogens with one attached hydrogen (secondary N) is 5. The molecular weight excluding hydrogens is 729 g/mol. The van der Waals surface area contributed by atoms with Gasteiger partial charge >= 0.3 is 0 Å². The van der Waals surface area contributed by atoms with E-state index in [0.29, 0.717) is 50.7 Å². The van der Waals surface area contributed by atoms with Gasteiger partial charge in [0, 0.05) is 48.6 Å². The van der Waals surface area contributed by atoms with Crippen molar-refractivity contribution in [3.05, 3.63) is 60.2 Å². The number of amides is 6. The molecule has 15 heteroatoms. The molecular formula is C42H54N8O7. The molecule has 5 aliphatic rings. The third-order valence-corrected chi connectivity index (χ3v) is 13.1. The van der Waals surface area contributed by atoms with Crippen LogP contribution in [0, 0.1) is 5.92 Å². The lowest BCUT2D eigenvalue weighted by molar-refractivity contribution is -0.150. The molecule has 2 aromatic heterocycles. The predicted molar refractivity (Wildman–Crippen MR) is 209 cm³/mol. The number of nitrogens with two attached hydrogens (primary N) is 1. The number of para-hydroxylation sites is 1. The molecule has 57 heavy (non-hydrogen) atoms. The molecule has 2 saturated carbocycles. The fourth-order valence-electron chi connectivity index (χ4n) is 10.2. The van der Waals surface area contributed by atoms with Crippen molar-refractivity contribution in [3.63, 3.8) is 0 Å². The fraction of sp³-hybridized carbons (Fsp3) is 0.571. The molecule has 5 heterocycles. The number of benzene rings is 1.